The Morgan fingerprint density at radius 1 is 0.871 bits per heavy atom. The van der Waals surface area contributed by atoms with E-state index in [9.17, 15) is 13.2 Å². The average molecular weight is 438 g/mol. The van der Waals surface area contributed by atoms with Gasteiger partial charge in [0, 0.05) is 19.1 Å². The molecule has 7 heteroatoms. The number of alkyl halides is 3. The molecule has 0 aliphatic carbocycles. The molecule has 0 radical (unpaired) electrons. The monoisotopic (exact) mass is 437 g/mol. The van der Waals surface area contributed by atoms with Crippen LogP contribution in [0.5, 0.6) is 0 Å². The van der Waals surface area contributed by atoms with E-state index in [2.05, 4.69) is 4.90 Å². The topological polar surface area (TPSA) is 30.9 Å². The highest BCUT2D eigenvalue weighted by molar-refractivity contribution is 5.14. The predicted molar refractivity (Wildman–Crippen MR) is 113 cm³/mol. The van der Waals surface area contributed by atoms with E-state index in [4.69, 9.17) is 14.2 Å². The first-order chi connectivity index (χ1) is 15.0. The average Bonchev–Trinajstić information content (AvgIpc) is 2.77. The Labute approximate surface area is 181 Å². The summed E-state index contributed by atoms with van der Waals surface area (Å²) in [6, 6.07) is 20.0. The fraction of sp³-hybridized carbons (Fsp3) is 0.500. The molecule has 0 spiro atoms. The quantitative estimate of drug-likeness (QED) is 0.471. The summed E-state index contributed by atoms with van der Waals surface area (Å²) in [6.07, 6.45) is -2.59. The van der Waals surface area contributed by atoms with Gasteiger partial charge < -0.3 is 14.2 Å². The summed E-state index contributed by atoms with van der Waals surface area (Å²) in [5.41, 5.74) is 2.22. The smallest absolute Gasteiger partial charge is 0.375 e. The molecular formula is C24H30F3NO3. The van der Waals surface area contributed by atoms with Crippen molar-refractivity contribution in [2.45, 2.75) is 44.4 Å². The lowest BCUT2D eigenvalue weighted by molar-refractivity contribution is -0.175. The Bertz CT molecular complexity index is 743. The Morgan fingerprint density at radius 2 is 1.52 bits per heavy atom. The molecule has 31 heavy (non-hydrogen) atoms. The number of likely N-dealkylation sites (tertiary alicyclic amines) is 1. The van der Waals surface area contributed by atoms with Gasteiger partial charge in [0.1, 0.15) is 6.61 Å². The molecule has 4 nitrogen and oxygen atoms in total. The number of benzene rings is 2. The Kier molecular flexibility index (Phi) is 9.33. The standard InChI is InChI=1S/C24H30F3NO3/c25-24(26,27)19-29-14-13-28-12-11-23(31-17-21-9-5-2-6-10-21)15-22(28)18-30-16-20-7-3-1-4-8-20/h1-10,22-23H,11-19H2. The van der Waals surface area contributed by atoms with Crippen LogP contribution in [-0.2, 0) is 27.4 Å². The molecule has 2 unspecified atom stereocenters. The van der Waals surface area contributed by atoms with Crippen molar-refractivity contribution in [3.8, 4) is 0 Å². The largest absolute Gasteiger partial charge is 0.411 e. The minimum Gasteiger partial charge on any atom is -0.375 e. The molecule has 170 valence electrons. The lowest BCUT2D eigenvalue weighted by Gasteiger charge is -2.39. The maximum atomic E-state index is 12.3. The third-order valence-corrected chi connectivity index (χ3v) is 5.33. The highest BCUT2D eigenvalue weighted by atomic mass is 19.4. The molecule has 0 amide bonds. The van der Waals surface area contributed by atoms with Gasteiger partial charge in [0.25, 0.3) is 0 Å². The van der Waals surface area contributed by atoms with Gasteiger partial charge in [0.05, 0.1) is 32.5 Å². The number of hydrogen-bond acceptors (Lipinski definition) is 4. The molecule has 1 saturated heterocycles. The molecule has 1 heterocycles. The Morgan fingerprint density at radius 3 is 2.16 bits per heavy atom. The van der Waals surface area contributed by atoms with Gasteiger partial charge in [0.15, 0.2) is 0 Å². The fourth-order valence-electron chi connectivity index (χ4n) is 3.73. The zero-order chi connectivity index (χ0) is 21.9. The Hall–Kier alpha value is -1.93. The van der Waals surface area contributed by atoms with E-state index in [1.165, 1.54) is 0 Å². The van der Waals surface area contributed by atoms with Gasteiger partial charge in [0.2, 0.25) is 0 Å². The van der Waals surface area contributed by atoms with Gasteiger partial charge in [-0.25, -0.2) is 0 Å². The second kappa shape index (κ2) is 12.2. The van der Waals surface area contributed by atoms with Gasteiger partial charge in [-0.1, -0.05) is 60.7 Å². The van der Waals surface area contributed by atoms with Gasteiger partial charge >= 0.3 is 6.18 Å². The van der Waals surface area contributed by atoms with Crippen molar-refractivity contribution in [1.29, 1.82) is 0 Å². The number of hydrogen-bond donors (Lipinski definition) is 0. The van der Waals surface area contributed by atoms with E-state index in [-0.39, 0.29) is 18.8 Å². The fourth-order valence-corrected chi connectivity index (χ4v) is 3.73. The zero-order valence-corrected chi connectivity index (χ0v) is 17.6. The van der Waals surface area contributed by atoms with E-state index < -0.39 is 12.8 Å². The van der Waals surface area contributed by atoms with E-state index in [0.29, 0.717) is 26.4 Å². The van der Waals surface area contributed by atoms with Crippen LogP contribution >= 0.6 is 0 Å². The van der Waals surface area contributed by atoms with Crippen molar-refractivity contribution in [3.05, 3.63) is 71.8 Å². The number of nitrogens with zero attached hydrogens (tertiary/aromatic N) is 1. The molecule has 1 aliphatic rings. The molecule has 2 atom stereocenters. The molecule has 0 aromatic heterocycles. The molecule has 3 rings (SSSR count). The van der Waals surface area contributed by atoms with Crippen LogP contribution in [0.15, 0.2) is 60.7 Å². The van der Waals surface area contributed by atoms with E-state index in [1.54, 1.807) is 0 Å². The lowest BCUT2D eigenvalue weighted by Crippen LogP contribution is -2.48. The zero-order valence-electron chi connectivity index (χ0n) is 17.6. The minimum absolute atomic E-state index is 0.0459. The van der Waals surface area contributed by atoms with Crippen molar-refractivity contribution in [1.82, 2.24) is 4.90 Å². The maximum absolute atomic E-state index is 12.3. The van der Waals surface area contributed by atoms with Crippen LogP contribution in [0, 0.1) is 0 Å². The molecule has 2 aromatic carbocycles. The van der Waals surface area contributed by atoms with Crippen molar-refractivity contribution >= 4 is 0 Å². The van der Waals surface area contributed by atoms with Gasteiger partial charge in [-0.05, 0) is 24.0 Å². The van der Waals surface area contributed by atoms with Crippen LogP contribution in [0.3, 0.4) is 0 Å². The summed E-state index contributed by atoms with van der Waals surface area (Å²) in [7, 11) is 0. The van der Waals surface area contributed by atoms with Crippen molar-refractivity contribution < 1.29 is 27.4 Å². The summed E-state index contributed by atoms with van der Waals surface area (Å²) >= 11 is 0. The van der Waals surface area contributed by atoms with Gasteiger partial charge in [-0.3, -0.25) is 4.90 Å². The number of rotatable bonds is 11. The molecule has 0 bridgehead atoms. The lowest BCUT2D eigenvalue weighted by atomic mass is 9.99. The summed E-state index contributed by atoms with van der Waals surface area (Å²) < 4.78 is 53.9. The first-order valence-electron chi connectivity index (χ1n) is 10.7. The van der Waals surface area contributed by atoms with E-state index >= 15 is 0 Å². The number of ether oxygens (including phenoxy) is 3. The minimum atomic E-state index is -4.30. The number of piperidine rings is 1. The molecule has 1 aliphatic heterocycles. The van der Waals surface area contributed by atoms with E-state index in [1.807, 2.05) is 60.7 Å². The third kappa shape index (κ3) is 8.99. The van der Waals surface area contributed by atoms with Crippen LogP contribution in [-0.4, -0.2) is 56.1 Å². The Balaban J connectivity index is 1.49. The molecule has 1 fully saturated rings. The molecule has 0 saturated carbocycles. The molecule has 2 aromatic rings. The van der Waals surface area contributed by atoms with Crippen LogP contribution in [0.4, 0.5) is 13.2 Å². The first-order valence-corrected chi connectivity index (χ1v) is 10.7. The van der Waals surface area contributed by atoms with Gasteiger partial charge in [-0.2, -0.15) is 13.2 Å². The summed E-state index contributed by atoms with van der Waals surface area (Å²) in [4.78, 5) is 2.16. The second-order valence-corrected chi connectivity index (χ2v) is 7.80. The third-order valence-electron chi connectivity index (χ3n) is 5.33. The number of halogens is 3. The van der Waals surface area contributed by atoms with Crippen molar-refractivity contribution in [3.63, 3.8) is 0 Å². The maximum Gasteiger partial charge on any atom is 0.411 e. The molecular weight excluding hydrogens is 407 g/mol. The van der Waals surface area contributed by atoms with Crippen molar-refractivity contribution in [2.24, 2.45) is 0 Å². The van der Waals surface area contributed by atoms with Crippen LogP contribution in [0.1, 0.15) is 24.0 Å². The van der Waals surface area contributed by atoms with E-state index in [0.717, 1.165) is 30.5 Å². The van der Waals surface area contributed by atoms with Crippen LogP contribution in [0.25, 0.3) is 0 Å². The summed E-state index contributed by atoms with van der Waals surface area (Å²) in [5, 5.41) is 0. The highest BCUT2D eigenvalue weighted by Gasteiger charge is 2.30. The second-order valence-electron chi connectivity index (χ2n) is 7.80. The van der Waals surface area contributed by atoms with Crippen LogP contribution in [0.2, 0.25) is 0 Å². The van der Waals surface area contributed by atoms with Crippen molar-refractivity contribution in [2.75, 3.05) is 32.9 Å². The van der Waals surface area contributed by atoms with Gasteiger partial charge in [-0.15, -0.1) is 0 Å². The SMILES string of the molecule is FC(F)(F)COCCN1CCC(OCc2ccccc2)CC1COCc1ccccc1. The summed E-state index contributed by atoms with van der Waals surface area (Å²) in [6.45, 7) is 1.58. The predicted octanol–water partition coefficient (Wildman–Crippen LogP) is 4.83. The normalized spacial score (nSPS) is 20.1. The summed E-state index contributed by atoms with van der Waals surface area (Å²) in [5.74, 6) is 0. The first kappa shape index (κ1) is 23.7. The molecule has 0 N–H and O–H groups in total. The highest BCUT2D eigenvalue weighted by Crippen LogP contribution is 2.22. The van der Waals surface area contributed by atoms with Crippen LogP contribution < -0.4 is 0 Å².